The van der Waals surface area contributed by atoms with Gasteiger partial charge in [-0.1, -0.05) is 184 Å². The maximum absolute atomic E-state index is 10.0. The molecule has 0 bridgehead atoms. The van der Waals surface area contributed by atoms with Crippen LogP contribution in [0.2, 0.25) is 58.9 Å². The number of pyridine rings is 3. The van der Waals surface area contributed by atoms with Crippen LogP contribution >= 0.6 is 11.3 Å². The first-order valence-corrected chi connectivity index (χ1v) is 43.0. The fraction of sp³-hybridized carbons (Fsp3) is 0.185. The van der Waals surface area contributed by atoms with E-state index >= 15 is 0 Å². The minimum atomic E-state index is -1.35. The van der Waals surface area contributed by atoms with Gasteiger partial charge in [0, 0.05) is 118 Å². The molecule has 6 heterocycles. The van der Waals surface area contributed by atoms with Gasteiger partial charge in [-0.2, -0.15) is 11.3 Å². The number of para-hydroxylation sites is 3. The Labute approximate surface area is 629 Å². The molecule has 0 aliphatic heterocycles. The number of hydrogen-bond acceptors (Lipinski definition) is 11. The zero-order valence-electron chi connectivity index (χ0n) is 58.4. The number of nitrogens with zero attached hydrogens (tertiary/aromatic N) is 4. The summed E-state index contributed by atoms with van der Waals surface area (Å²) in [5.41, 5.74) is 11.4. The number of aromatic nitrogens is 4. The number of carbonyl (C=O) groups is 3. The molecule has 0 amide bonds. The Morgan fingerprint density at radius 2 is 0.798 bits per heavy atom. The number of carbonyl (C=O) groups excluding carboxylic acids is 3. The predicted molar refractivity (Wildman–Crippen MR) is 410 cm³/mol. The molecule has 13 aromatic rings. The van der Waals surface area contributed by atoms with Gasteiger partial charge in [0.1, 0.15) is 5.58 Å². The van der Waals surface area contributed by atoms with Gasteiger partial charge in [0.05, 0.1) is 47.1 Å². The zero-order chi connectivity index (χ0) is 69.6. The van der Waals surface area contributed by atoms with Gasteiger partial charge in [0.25, 0.3) is 0 Å². The summed E-state index contributed by atoms with van der Waals surface area (Å²) in [5, 5.41) is 36.6. The van der Waals surface area contributed by atoms with Crippen molar-refractivity contribution in [1.82, 2.24) is 19.5 Å². The van der Waals surface area contributed by atoms with E-state index < -0.39 is 24.2 Å². The third-order valence-corrected chi connectivity index (χ3v) is 22.4. The van der Waals surface area contributed by atoms with Gasteiger partial charge in [0.2, 0.25) is 0 Å². The normalized spacial score (nSPS) is 11.6. The number of furan rings is 1. The number of thiophene rings is 1. The van der Waals surface area contributed by atoms with Crippen molar-refractivity contribution < 1.29 is 94.4 Å². The van der Waals surface area contributed by atoms with Crippen molar-refractivity contribution in [2.45, 2.75) is 100 Å². The number of ketones is 3. The molecule has 7 aromatic carbocycles. The molecule has 0 atom stereocenters. The fourth-order valence-electron chi connectivity index (χ4n) is 10.4. The van der Waals surface area contributed by atoms with Gasteiger partial charge >= 0.3 is 0 Å². The first-order chi connectivity index (χ1) is 45.4. The van der Waals surface area contributed by atoms with Crippen LogP contribution in [-0.2, 0) is 74.7 Å². The van der Waals surface area contributed by atoms with Crippen molar-refractivity contribution in [1.29, 1.82) is 0 Å². The van der Waals surface area contributed by atoms with Crippen LogP contribution in [0.3, 0.4) is 0 Å². The van der Waals surface area contributed by atoms with E-state index in [4.69, 9.17) is 29.7 Å². The zero-order valence-corrected chi connectivity index (χ0v) is 69.4. The standard InChI is InChI=1S/C26H23N2Si.C20H18NOSi.C20H18NSSi.3C5H8O2.3Ir/c1-29(2,3)21-14-15-24(27-18-21)19-13-16-26-23(17-19)22-11-7-8-12-25(22)28(26)20-9-5-4-6-10-20;2*1-23(2,3)15-9-10-18(21-13-15)14-8-11-20-17(12-14)16-6-4-5-7-19(16)22-20;3*1-4(6)3-5(2)7;;;/h4-12,14-18H,1-3H3;2*4-7,9-13H,1-3H3;3*3,6H,1-2H3;;;/q3*-1;;;;;;. The third kappa shape index (κ3) is 22.5. The van der Waals surface area contributed by atoms with Crippen LogP contribution in [0.25, 0.3) is 103 Å². The van der Waals surface area contributed by atoms with Crippen molar-refractivity contribution in [3.63, 3.8) is 0 Å². The third-order valence-electron chi connectivity index (χ3n) is 15.2. The molecule has 3 N–H and O–H groups in total. The van der Waals surface area contributed by atoms with Crippen molar-refractivity contribution in [3.05, 3.63) is 248 Å². The second-order valence-electron chi connectivity index (χ2n) is 26.5. The van der Waals surface area contributed by atoms with Crippen LogP contribution in [0.1, 0.15) is 41.5 Å². The maximum atomic E-state index is 10.0. The molecule has 517 valence electrons. The molecule has 11 nitrogen and oxygen atoms in total. The Morgan fingerprint density at radius 1 is 0.404 bits per heavy atom. The van der Waals surface area contributed by atoms with Gasteiger partial charge in [-0.3, -0.25) is 14.4 Å². The number of fused-ring (bicyclic) bond motifs is 9. The molecule has 18 heteroatoms. The van der Waals surface area contributed by atoms with E-state index in [1.165, 1.54) is 117 Å². The SMILES string of the molecule is CC(=O)C=C(C)O.CC(=O)C=C(C)O.CC(=O)C=C(C)O.C[Si](C)(C)c1ccc(-c2[c-]cc3c(c2)c2ccccc2n3-c2ccccc2)nc1.C[Si](C)(C)c1ccc(-c2[c-]cc3oc4ccccc4c3c2)nc1.C[Si](C)(C)c1ccc(-c2[c-]cc3sc4ccccc4c3c2)nc1.[Ir].[Ir].[Ir]. The van der Waals surface area contributed by atoms with Crippen LogP contribution in [0, 0.1) is 18.2 Å². The van der Waals surface area contributed by atoms with Crippen LogP contribution in [0.4, 0.5) is 0 Å². The second kappa shape index (κ2) is 36.4. The summed E-state index contributed by atoms with van der Waals surface area (Å²) < 4.78 is 10.8. The Morgan fingerprint density at radius 3 is 1.23 bits per heavy atom. The van der Waals surface area contributed by atoms with E-state index in [9.17, 15) is 14.4 Å². The molecule has 0 fully saturated rings. The summed E-state index contributed by atoms with van der Waals surface area (Å²) >= 11 is 1.83. The Bertz CT molecular complexity index is 4740. The van der Waals surface area contributed by atoms with Crippen molar-refractivity contribution in [3.8, 4) is 39.5 Å². The summed E-state index contributed by atoms with van der Waals surface area (Å²) in [7, 11) is -3.96. The van der Waals surface area contributed by atoms with E-state index in [1.54, 1.807) is 0 Å². The van der Waals surface area contributed by atoms with Crippen molar-refractivity contribution in [2.75, 3.05) is 0 Å². The predicted octanol–water partition coefficient (Wildman–Crippen LogP) is 19.8. The van der Waals surface area contributed by atoms with Gasteiger partial charge in [0.15, 0.2) is 17.3 Å². The first-order valence-electron chi connectivity index (χ1n) is 31.7. The topological polar surface area (TPSA) is 169 Å². The van der Waals surface area contributed by atoms with E-state index in [-0.39, 0.29) is 94.9 Å². The molecule has 0 unspecified atom stereocenters. The minimum absolute atomic E-state index is 0. The van der Waals surface area contributed by atoms with Crippen LogP contribution in [-0.4, -0.2) is 76.4 Å². The molecule has 6 aromatic heterocycles. The summed E-state index contributed by atoms with van der Waals surface area (Å²) in [6.07, 6.45) is 9.62. The molecule has 99 heavy (non-hydrogen) atoms. The Kier molecular flexibility index (Phi) is 30.0. The van der Waals surface area contributed by atoms with Gasteiger partial charge in [-0.15, -0.1) is 71.3 Å². The average Bonchev–Trinajstić information content (AvgIpc) is 1.61. The Balaban J connectivity index is 0.000000232. The number of aliphatic hydroxyl groups is 3. The average molecular weight is 1920 g/mol. The van der Waals surface area contributed by atoms with Crippen LogP contribution in [0.5, 0.6) is 0 Å². The number of aliphatic hydroxyl groups excluding tert-OH is 3. The van der Waals surface area contributed by atoms with Crippen LogP contribution < -0.4 is 15.6 Å². The number of hydrogen-bond donors (Lipinski definition) is 3. The fourth-order valence-corrected chi connectivity index (χ4v) is 14.6. The summed E-state index contributed by atoms with van der Waals surface area (Å²) in [6.45, 7) is 29.6. The molecule has 0 aliphatic carbocycles. The molecule has 0 saturated heterocycles. The quantitative estimate of drug-likeness (QED) is 0.0519. The van der Waals surface area contributed by atoms with E-state index in [0.717, 1.165) is 61.4 Å². The van der Waals surface area contributed by atoms with Gasteiger partial charge in [-0.05, 0) is 126 Å². The summed E-state index contributed by atoms with van der Waals surface area (Å²) in [5.74, 6) is -0.187. The van der Waals surface area contributed by atoms with E-state index in [2.05, 4.69) is 238 Å². The monoisotopic (exact) mass is 1920 g/mol. The summed E-state index contributed by atoms with van der Waals surface area (Å²) in [6, 6.07) is 71.7. The Hall–Kier alpha value is -7.96. The molecule has 3 radical (unpaired) electrons. The van der Waals surface area contributed by atoms with Crippen molar-refractivity contribution >= 4 is 132 Å². The molecule has 0 aliphatic rings. The number of rotatable bonds is 10. The molecule has 13 rings (SSSR count). The maximum Gasteiger partial charge on any atom is 0.155 e. The minimum Gasteiger partial charge on any atom is -0.512 e. The molecular formula is C81H83Ir3N4O7SSi3-3. The van der Waals surface area contributed by atoms with E-state index in [1.807, 2.05) is 54.2 Å². The molecule has 0 spiro atoms. The molecular weight excluding hydrogens is 1830 g/mol. The van der Waals surface area contributed by atoms with E-state index in [0.29, 0.717) is 0 Å². The number of allylic oxidation sites excluding steroid dienone is 6. The first kappa shape index (κ1) is 81.7. The molecule has 0 saturated carbocycles. The van der Waals surface area contributed by atoms with Crippen LogP contribution in [0.15, 0.2) is 234 Å². The number of benzene rings is 7. The van der Waals surface area contributed by atoms with Crippen molar-refractivity contribution in [2.24, 2.45) is 0 Å². The summed E-state index contributed by atoms with van der Waals surface area (Å²) in [4.78, 5) is 44.2. The van der Waals surface area contributed by atoms with Gasteiger partial charge < -0.3 is 39.3 Å². The largest absolute Gasteiger partial charge is 0.512 e. The second-order valence-corrected chi connectivity index (χ2v) is 42.8. The smallest absolute Gasteiger partial charge is 0.155 e. The van der Waals surface area contributed by atoms with Gasteiger partial charge in [-0.25, -0.2) is 0 Å².